The smallest absolute Gasteiger partial charge is 0.295 e. The predicted molar refractivity (Wildman–Crippen MR) is 81.1 cm³/mol. The second kappa shape index (κ2) is 6.13. The maximum atomic E-state index is 12.0. The molecule has 1 heterocycles. The molecule has 0 saturated heterocycles. The zero-order valence-corrected chi connectivity index (χ0v) is 13.0. The van der Waals surface area contributed by atoms with Crippen LogP contribution >= 0.6 is 15.9 Å². The third kappa shape index (κ3) is 3.04. The molecule has 0 aliphatic carbocycles. The van der Waals surface area contributed by atoms with Crippen LogP contribution < -0.4 is 5.69 Å². The maximum absolute atomic E-state index is 12.0. The molecule has 2 aromatic rings. The molecule has 1 aromatic heterocycles. The van der Waals surface area contributed by atoms with Crippen LogP contribution in [-0.2, 0) is 6.54 Å². The first-order chi connectivity index (χ1) is 9.50. The van der Waals surface area contributed by atoms with Crippen molar-refractivity contribution in [2.45, 2.75) is 26.8 Å². The Bertz CT molecular complexity index is 693. The zero-order chi connectivity index (χ0) is 14.7. The van der Waals surface area contributed by atoms with E-state index in [0.717, 1.165) is 10.2 Å². The molecular weight excluding hydrogens is 320 g/mol. The lowest BCUT2D eigenvalue weighted by Crippen LogP contribution is -2.27. The number of ketones is 1. The third-order valence-corrected chi connectivity index (χ3v) is 4.34. The van der Waals surface area contributed by atoms with Gasteiger partial charge in [0.15, 0.2) is 5.78 Å². The van der Waals surface area contributed by atoms with E-state index in [-0.39, 0.29) is 17.9 Å². The molecular formula is C15H15BrN2O2. The molecule has 0 bridgehead atoms. The number of carbonyl (C=O) groups is 1. The topological polar surface area (TPSA) is 52.0 Å². The summed E-state index contributed by atoms with van der Waals surface area (Å²) in [6.07, 6.45) is 0.280. The van der Waals surface area contributed by atoms with Crippen molar-refractivity contribution in [1.29, 1.82) is 0 Å². The van der Waals surface area contributed by atoms with E-state index in [1.54, 1.807) is 19.1 Å². The van der Waals surface area contributed by atoms with Gasteiger partial charge in [0.1, 0.15) is 0 Å². The van der Waals surface area contributed by atoms with Crippen LogP contribution in [0.2, 0.25) is 0 Å². The van der Waals surface area contributed by atoms with Crippen molar-refractivity contribution in [3.05, 3.63) is 62.2 Å². The van der Waals surface area contributed by atoms with E-state index < -0.39 is 0 Å². The molecule has 5 heteroatoms. The van der Waals surface area contributed by atoms with Gasteiger partial charge in [-0.1, -0.05) is 30.3 Å². The molecule has 1 aromatic carbocycles. The number of nitrogens with zero attached hydrogens (tertiary/aromatic N) is 2. The summed E-state index contributed by atoms with van der Waals surface area (Å²) < 4.78 is 2.34. The first kappa shape index (κ1) is 14.7. The quantitative estimate of drug-likeness (QED) is 0.808. The minimum absolute atomic E-state index is 0.0218. The first-order valence-electron chi connectivity index (χ1n) is 6.32. The molecule has 0 spiro atoms. The molecule has 0 saturated carbocycles. The zero-order valence-electron chi connectivity index (χ0n) is 11.4. The van der Waals surface area contributed by atoms with E-state index in [2.05, 4.69) is 20.9 Å². The normalized spacial score (nSPS) is 10.6. The fourth-order valence-electron chi connectivity index (χ4n) is 2.02. The summed E-state index contributed by atoms with van der Waals surface area (Å²) in [5, 5.41) is 0. The van der Waals surface area contributed by atoms with Crippen LogP contribution in [-0.4, -0.2) is 15.3 Å². The van der Waals surface area contributed by atoms with E-state index in [0.29, 0.717) is 17.8 Å². The van der Waals surface area contributed by atoms with Gasteiger partial charge >= 0.3 is 5.69 Å². The monoisotopic (exact) mass is 334 g/mol. The van der Waals surface area contributed by atoms with E-state index in [1.165, 1.54) is 4.57 Å². The average molecular weight is 335 g/mol. The van der Waals surface area contributed by atoms with Crippen LogP contribution in [0, 0.1) is 13.8 Å². The summed E-state index contributed by atoms with van der Waals surface area (Å²) in [4.78, 5) is 27.9. The fourth-order valence-corrected chi connectivity index (χ4v) is 2.32. The summed E-state index contributed by atoms with van der Waals surface area (Å²) in [5.41, 5.74) is 1.81. The Morgan fingerprint density at radius 2 is 1.90 bits per heavy atom. The molecule has 0 unspecified atom stereocenters. The van der Waals surface area contributed by atoms with Crippen LogP contribution in [0.25, 0.3) is 0 Å². The van der Waals surface area contributed by atoms with E-state index in [1.807, 2.05) is 25.1 Å². The number of halogens is 1. The van der Waals surface area contributed by atoms with Gasteiger partial charge in [-0.3, -0.25) is 9.36 Å². The van der Waals surface area contributed by atoms with Gasteiger partial charge in [-0.25, -0.2) is 4.79 Å². The molecule has 2 rings (SSSR count). The van der Waals surface area contributed by atoms with Crippen molar-refractivity contribution in [2.75, 3.05) is 0 Å². The van der Waals surface area contributed by atoms with Crippen molar-refractivity contribution in [1.82, 2.24) is 9.55 Å². The second-order valence-corrected chi connectivity index (χ2v) is 5.36. The van der Waals surface area contributed by atoms with Crippen molar-refractivity contribution in [3.8, 4) is 0 Å². The van der Waals surface area contributed by atoms with Crippen LogP contribution in [0.3, 0.4) is 0 Å². The van der Waals surface area contributed by atoms with Crippen LogP contribution in [0.1, 0.15) is 28.2 Å². The van der Waals surface area contributed by atoms with E-state index in [9.17, 15) is 9.59 Å². The number of hydrogen-bond donors (Lipinski definition) is 0. The molecule has 0 amide bonds. The van der Waals surface area contributed by atoms with Gasteiger partial charge in [0.05, 0.1) is 10.2 Å². The van der Waals surface area contributed by atoms with Crippen molar-refractivity contribution < 1.29 is 4.79 Å². The van der Waals surface area contributed by atoms with Gasteiger partial charge in [-0.05, 0) is 29.8 Å². The van der Waals surface area contributed by atoms with Crippen LogP contribution in [0.4, 0.5) is 0 Å². The van der Waals surface area contributed by atoms with E-state index >= 15 is 0 Å². The maximum Gasteiger partial charge on any atom is 0.348 e. The largest absolute Gasteiger partial charge is 0.348 e. The Morgan fingerprint density at radius 1 is 1.25 bits per heavy atom. The molecule has 0 atom stereocenters. The molecule has 0 aliphatic rings. The van der Waals surface area contributed by atoms with Gasteiger partial charge in [0.25, 0.3) is 0 Å². The van der Waals surface area contributed by atoms with E-state index in [4.69, 9.17) is 0 Å². The highest BCUT2D eigenvalue weighted by atomic mass is 79.9. The molecule has 0 radical (unpaired) electrons. The summed E-state index contributed by atoms with van der Waals surface area (Å²) in [7, 11) is 0. The number of aryl methyl sites for hydroxylation is 1. The number of carbonyl (C=O) groups excluding carboxylic acids is 1. The van der Waals surface area contributed by atoms with Crippen LogP contribution in [0.15, 0.2) is 39.6 Å². The Hall–Kier alpha value is -1.75. The van der Waals surface area contributed by atoms with Gasteiger partial charge in [-0.2, -0.15) is 4.98 Å². The van der Waals surface area contributed by atoms with Crippen LogP contribution in [0.5, 0.6) is 0 Å². The number of aromatic nitrogens is 2. The molecule has 0 fully saturated rings. The lowest BCUT2D eigenvalue weighted by atomic mass is 10.1. The van der Waals surface area contributed by atoms with Gasteiger partial charge in [0, 0.05) is 24.2 Å². The van der Waals surface area contributed by atoms with Crippen molar-refractivity contribution in [3.63, 3.8) is 0 Å². The molecule has 20 heavy (non-hydrogen) atoms. The number of benzene rings is 1. The fraction of sp³-hybridized carbons (Fsp3) is 0.267. The Kier molecular flexibility index (Phi) is 4.49. The summed E-state index contributed by atoms with van der Waals surface area (Å²) in [5.74, 6) is 0.0218. The average Bonchev–Trinajstić information content (AvgIpc) is 2.45. The molecule has 4 nitrogen and oxygen atoms in total. The summed E-state index contributed by atoms with van der Waals surface area (Å²) in [6, 6.07) is 9.08. The Balaban J connectivity index is 2.18. The van der Waals surface area contributed by atoms with Crippen molar-refractivity contribution >= 4 is 21.7 Å². The highest BCUT2D eigenvalue weighted by molar-refractivity contribution is 9.10. The minimum atomic E-state index is -0.316. The molecule has 104 valence electrons. The third-order valence-electron chi connectivity index (χ3n) is 3.19. The highest BCUT2D eigenvalue weighted by Crippen LogP contribution is 2.17. The first-order valence-corrected chi connectivity index (χ1v) is 7.12. The lowest BCUT2D eigenvalue weighted by molar-refractivity contribution is 0.0976. The molecule has 0 aliphatic heterocycles. The van der Waals surface area contributed by atoms with Gasteiger partial charge in [-0.15, -0.1) is 0 Å². The number of hydrogen-bond acceptors (Lipinski definition) is 3. The molecule has 0 N–H and O–H groups in total. The van der Waals surface area contributed by atoms with Gasteiger partial charge in [0.2, 0.25) is 0 Å². The Morgan fingerprint density at radius 3 is 2.55 bits per heavy atom. The minimum Gasteiger partial charge on any atom is -0.295 e. The lowest BCUT2D eigenvalue weighted by Gasteiger charge is -2.11. The summed E-state index contributed by atoms with van der Waals surface area (Å²) >= 11 is 3.41. The second-order valence-electron chi connectivity index (χ2n) is 4.57. The summed E-state index contributed by atoms with van der Waals surface area (Å²) in [6.45, 7) is 3.95. The highest BCUT2D eigenvalue weighted by Gasteiger charge is 2.11. The van der Waals surface area contributed by atoms with Crippen molar-refractivity contribution in [2.24, 2.45) is 0 Å². The SMILES string of the molecule is Cc1nc(=O)n(CCC(=O)c2ccccc2)c(C)c1Br. The predicted octanol–water partition coefficient (Wildman–Crippen LogP) is 2.90. The number of Topliss-reactive ketones (excluding diaryl/α,β-unsaturated/α-hetero) is 1. The number of rotatable bonds is 4. The van der Waals surface area contributed by atoms with Gasteiger partial charge < -0.3 is 0 Å². The standard InChI is InChI=1S/C15H15BrN2O2/c1-10-14(16)11(2)18(15(20)17-10)9-8-13(19)12-6-4-3-5-7-12/h3-7H,8-9H2,1-2H3. The Labute approximate surface area is 125 Å².